The van der Waals surface area contributed by atoms with Crippen LogP contribution in [0.2, 0.25) is 0 Å². The van der Waals surface area contributed by atoms with Crippen molar-refractivity contribution < 1.29 is 9.59 Å². The quantitative estimate of drug-likeness (QED) is 0.347. The zero-order valence-corrected chi connectivity index (χ0v) is 17.7. The van der Waals surface area contributed by atoms with Gasteiger partial charge in [0.05, 0.1) is 11.1 Å². The molecule has 1 aromatic heterocycles. The number of hydrogen-bond donors (Lipinski definition) is 1. The largest absolute Gasteiger partial charge is 0.346 e. The summed E-state index contributed by atoms with van der Waals surface area (Å²) >= 11 is 0. The first kappa shape index (κ1) is 20.4. The van der Waals surface area contributed by atoms with Crippen LogP contribution in [0.25, 0.3) is 10.9 Å². The average molecular weight is 403 g/mol. The van der Waals surface area contributed by atoms with Gasteiger partial charge in [-0.05, 0) is 30.4 Å². The summed E-state index contributed by atoms with van der Waals surface area (Å²) in [4.78, 5) is 26.0. The number of fused-ring (bicyclic) bond motifs is 1. The van der Waals surface area contributed by atoms with E-state index in [4.69, 9.17) is 0 Å². The first-order valence-corrected chi connectivity index (χ1v) is 11.2. The lowest BCUT2D eigenvalue weighted by Crippen LogP contribution is -2.39. The molecule has 2 aromatic carbocycles. The van der Waals surface area contributed by atoms with Crippen molar-refractivity contribution in [3.05, 3.63) is 71.4 Å². The van der Waals surface area contributed by atoms with Crippen LogP contribution in [0.1, 0.15) is 66.9 Å². The molecule has 4 rings (SSSR count). The number of Topliss-reactive ketones (excluding diaryl/α,β-unsaturated/α-hetero) is 1. The SMILES string of the molecule is CCc1cccc2c(C(=O)C(=O)NC3CCCCCC3)cn(Cc3ccccc3)c12. The molecular weight excluding hydrogens is 372 g/mol. The molecule has 0 bridgehead atoms. The van der Waals surface area contributed by atoms with E-state index >= 15 is 0 Å². The van der Waals surface area contributed by atoms with Crippen LogP contribution >= 0.6 is 0 Å². The monoisotopic (exact) mass is 402 g/mol. The number of benzene rings is 2. The molecule has 1 amide bonds. The summed E-state index contributed by atoms with van der Waals surface area (Å²) in [6.07, 6.45) is 9.35. The highest BCUT2D eigenvalue weighted by Gasteiger charge is 2.25. The number of nitrogens with one attached hydrogen (secondary N) is 1. The van der Waals surface area contributed by atoms with Gasteiger partial charge in [-0.2, -0.15) is 0 Å². The molecule has 30 heavy (non-hydrogen) atoms. The molecule has 0 spiro atoms. The molecule has 156 valence electrons. The van der Waals surface area contributed by atoms with Gasteiger partial charge in [-0.25, -0.2) is 0 Å². The highest BCUT2D eigenvalue weighted by atomic mass is 16.2. The summed E-state index contributed by atoms with van der Waals surface area (Å²) in [6.45, 7) is 2.79. The molecule has 0 aliphatic heterocycles. The van der Waals surface area contributed by atoms with Crippen LogP contribution in [-0.4, -0.2) is 22.3 Å². The molecule has 0 atom stereocenters. The maximum absolute atomic E-state index is 13.2. The second-order valence-corrected chi connectivity index (χ2v) is 8.31. The highest BCUT2D eigenvalue weighted by molar-refractivity contribution is 6.45. The Bertz CT molecular complexity index is 1030. The number of aromatic nitrogens is 1. The van der Waals surface area contributed by atoms with Crippen LogP contribution in [0, 0.1) is 0 Å². The van der Waals surface area contributed by atoms with Gasteiger partial charge in [0.1, 0.15) is 0 Å². The summed E-state index contributed by atoms with van der Waals surface area (Å²) in [5, 5.41) is 3.88. The molecule has 0 radical (unpaired) electrons. The van der Waals surface area contributed by atoms with Gasteiger partial charge in [-0.1, -0.05) is 81.1 Å². The number of hydrogen-bond acceptors (Lipinski definition) is 2. The molecule has 1 fully saturated rings. The molecular formula is C26H30N2O2. The number of nitrogens with zero attached hydrogens (tertiary/aromatic N) is 1. The Morgan fingerprint density at radius 2 is 1.70 bits per heavy atom. The molecule has 0 saturated heterocycles. The molecule has 0 unspecified atom stereocenters. The van der Waals surface area contributed by atoms with Crippen molar-refractivity contribution in [3.8, 4) is 0 Å². The number of rotatable bonds is 6. The van der Waals surface area contributed by atoms with Crippen molar-refractivity contribution in [1.29, 1.82) is 0 Å². The Labute approximate surface area is 178 Å². The summed E-state index contributed by atoms with van der Waals surface area (Å²) in [5.41, 5.74) is 3.91. The minimum atomic E-state index is -0.470. The number of ketones is 1. The predicted molar refractivity (Wildman–Crippen MR) is 121 cm³/mol. The van der Waals surface area contributed by atoms with Crippen LogP contribution in [0.15, 0.2) is 54.7 Å². The van der Waals surface area contributed by atoms with Gasteiger partial charge in [0.2, 0.25) is 0 Å². The van der Waals surface area contributed by atoms with Crippen molar-refractivity contribution >= 4 is 22.6 Å². The minimum Gasteiger partial charge on any atom is -0.346 e. The highest BCUT2D eigenvalue weighted by Crippen LogP contribution is 2.27. The van der Waals surface area contributed by atoms with E-state index in [0.717, 1.165) is 43.0 Å². The van der Waals surface area contributed by atoms with E-state index in [1.165, 1.54) is 24.0 Å². The third kappa shape index (κ3) is 4.33. The molecule has 3 aromatic rings. The van der Waals surface area contributed by atoms with Crippen LogP contribution in [0.5, 0.6) is 0 Å². The lowest BCUT2D eigenvalue weighted by molar-refractivity contribution is -0.117. The van der Waals surface area contributed by atoms with E-state index < -0.39 is 11.7 Å². The molecule has 4 nitrogen and oxygen atoms in total. The van der Waals surface area contributed by atoms with E-state index in [1.807, 2.05) is 36.5 Å². The third-order valence-electron chi connectivity index (χ3n) is 6.20. The van der Waals surface area contributed by atoms with E-state index in [1.54, 1.807) is 0 Å². The van der Waals surface area contributed by atoms with E-state index in [9.17, 15) is 9.59 Å². The van der Waals surface area contributed by atoms with Gasteiger partial charge in [0.15, 0.2) is 0 Å². The van der Waals surface area contributed by atoms with Gasteiger partial charge >= 0.3 is 0 Å². The van der Waals surface area contributed by atoms with Crippen molar-refractivity contribution in [2.45, 2.75) is 64.5 Å². The average Bonchev–Trinajstić information content (AvgIpc) is 2.95. The molecule has 1 N–H and O–H groups in total. The number of aryl methyl sites for hydroxylation is 1. The van der Waals surface area contributed by atoms with Gasteiger partial charge in [0, 0.05) is 24.2 Å². The molecule has 1 aliphatic rings. The maximum atomic E-state index is 13.2. The van der Waals surface area contributed by atoms with Gasteiger partial charge in [-0.3, -0.25) is 9.59 Å². The summed E-state index contributed by atoms with van der Waals surface area (Å²) < 4.78 is 2.12. The second-order valence-electron chi connectivity index (χ2n) is 8.31. The number of para-hydroxylation sites is 1. The number of carbonyl (C=O) groups is 2. The van der Waals surface area contributed by atoms with E-state index in [0.29, 0.717) is 12.1 Å². The van der Waals surface area contributed by atoms with Crippen molar-refractivity contribution in [1.82, 2.24) is 9.88 Å². The Balaban J connectivity index is 1.66. The van der Waals surface area contributed by atoms with Gasteiger partial charge in [-0.15, -0.1) is 0 Å². The van der Waals surface area contributed by atoms with Crippen molar-refractivity contribution in [2.24, 2.45) is 0 Å². The van der Waals surface area contributed by atoms with Crippen molar-refractivity contribution in [2.75, 3.05) is 0 Å². The Hall–Kier alpha value is -2.88. The topological polar surface area (TPSA) is 51.1 Å². The van der Waals surface area contributed by atoms with E-state index in [2.05, 4.69) is 35.0 Å². The predicted octanol–water partition coefficient (Wildman–Crippen LogP) is 5.27. The fourth-order valence-corrected chi connectivity index (χ4v) is 4.61. The van der Waals surface area contributed by atoms with E-state index in [-0.39, 0.29) is 6.04 Å². The molecule has 1 saturated carbocycles. The van der Waals surface area contributed by atoms with Crippen LogP contribution < -0.4 is 5.32 Å². The Kier molecular flexibility index (Phi) is 6.32. The molecule has 1 heterocycles. The number of amides is 1. The first-order chi connectivity index (χ1) is 14.7. The van der Waals surface area contributed by atoms with Gasteiger partial charge < -0.3 is 9.88 Å². The Morgan fingerprint density at radius 3 is 2.40 bits per heavy atom. The summed E-state index contributed by atoms with van der Waals surface area (Å²) in [6, 6.07) is 16.4. The zero-order valence-electron chi connectivity index (χ0n) is 17.7. The summed E-state index contributed by atoms with van der Waals surface area (Å²) in [7, 11) is 0. The van der Waals surface area contributed by atoms with Crippen LogP contribution in [-0.2, 0) is 17.8 Å². The smallest absolute Gasteiger partial charge is 0.292 e. The zero-order chi connectivity index (χ0) is 20.9. The summed E-state index contributed by atoms with van der Waals surface area (Å²) in [5.74, 6) is -0.896. The first-order valence-electron chi connectivity index (χ1n) is 11.2. The van der Waals surface area contributed by atoms with Crippen LogP contribution in [0.4, 0.5) is 0 Å². The number of carbonyl (C=O) groups excluding carboxylic acids is 2. The lowest BCUT2D eigenvalue weighted by Gasteiger charge is -2.15. The Morgan fingerprint density at radius 1 is 0.967 bits per heavy atom. The van der Waals surface area contributed by atoms with Gasteiger partial charge in [0.25, 0.3) is 11.7 Å². The minimum absolute atomic E-state index is 0.118. The lowest BCUT2D eigenvalue weighted by atomic mass is 10.0. The fourth-order valence-electron chi connectivity index (χ4n) is 4.61. The van der Waals surface area contributed by atoms with Crippen LogP contribution in [0.3, 0.4) is 0 Å². The van der Waals surface area contributed by atoms with Crippen molar-refractivity contribution in [3.63, 3.8) is 0 Å². The standard InChI is InChI=1S/C26H30N2O2/c1-2-20-13-10-16-22-23(18-28(24(20)22)17-19-11-6-5-7-12-19)25(29)26(30)27-21-14-8-3-4-9-15-21/h5-7,10-13,16,18,21H,2-4,8-9,14-15,17H2,1H3,(H,27,30). The molecule has 4 heteroatoms. The third-order valence-corrected chi connectivity index (χ3v) is 6.20. The second kappa shape index (κ2) is 9.29. The molecule has 1 aliphatic carbocycles. The fraction of sp³-hybridized carbons (Fsp3) is 0.385. The maximum Gasteiger partial charge on any atom is 0.292 e. The normalized spacial score (nSPS) is 15.1.